The van der Waals surface area contributed by atoms with E-state index < -0.39 is 0 Å². The minimum absolute atomic E-state index is 0.168. The van der Waals surface area contributed by atoms with Gasteiger partial charge in [-0.2, -0.15) is 0 Å². The molecule has 0 bridgehead atoms. The van der Waals surface area contributed by atoms with Crippen molar-refractivity contribution >= 4 is 5.91 Å². The van der Waals surface area contributed by atoms with Crippen molar-refractivity contribution in [2.75, 3.05) is 13.1 Å². The van der Waals surface area contributed by atoms with Crippen molar-refractivity contribution in [2.45, 2.75) is 32.4 Å². The molecule has 2 atom stereocenters. The second kappa shape index (κ2) is 5.31. The van der Waals surface area contributed by atoms with Crippen LogP contribution in [0.2, 0.25) is 0 Å². The van der Waals surface area contributed by atoms with Crippen LogP contribution in [0.25, 0.3) is 0 Å². The number of aromatic nitrogens is 2. The number of rotatable bonds is 4. The molecule has 94 valence electrons. The number of aliphatic hydroxyl groups excluding tert-OH is 1. The first-order chi connectivity index (χ1) is 8.16. The monoisotopic (exact) mass is 237 g/mol. The van der Waals surface area contributed by atoms with E-state index in [-0.39, 0.29) is 17.9 Å². The van der Waals surface area contributed by atoms with Gasteiger partial charge in [0.05, 0.1) is 12.4 Å². The van der Waals surface area contributed by atoms with Crippen molar-refractivity contribution < 1.29 is 9.90 Å². The molecule has 1 N–H and O–H groups in total. The van der Waals surface area contributed by atoms with Crippen LogP contribution in [0.3, 0.4) is 0 Å². The number of nitrogens with zero attached hydrogens (tertiary/aromatic N) is 3. The summed E-state index contributed by atoms with van der Waals surface area (Å²) in [6.07, 6.45) is 6.38. The summed E-state index contributed by atoms with van der Waals surface area (Å²) in [7, 11) is 0. The predicted molar refractivity (Wildman–Crippen MR) is 63.2 cm³/mol. The Labute approximate surface area is 101 Å². The topological polar surface area (TPSA) is 58.4 Å². The van der Waals surface area contributed by atoms with Gasteiger partial charge in [-0.3, -0.25) is 4.79 Å². The Bertz CT molecular complexity index is 362. The van der Waals surface area contributed by atoms with Gasteiger partial charge in [0.1, 0.15) is 0 Å². The molecule has 0 aliphatic carbocycles. The Morgan fingerprint density at radius 1 is 1.65 bits per heavy atom. The summed E-state index contributed by atoms with van der Waals surface area (Å²) in [5.41, 5.74) is 0. The quantitative estimate of drug-likeness (QED) is 0.829. The molecule has 5 heteroatoms. The summed E-state index contributed by atoms with van der Waals surface area (Å²) in [5, 5.41) is 9.48. The summed E-state index contributed by atoms with van der Waals surface area (Å²) in [4.78, 5) is 17.7. The number of hydrogen-bond acceptors (Lipinski definition) is 3. The average Bonchev–Trinajstić information content (AvgIpc) is 2.96. The minimum Gasteiger partial charge on any atom is -0.393 e. The third-order valence-corrected chi connectivity index (χ3v) is 3.40. The molecule has 1 aromatic heterocycles. The highest BCUT2D eigenvalue weighted by Crippen LogP contribution is 2.20. The van der Waals surface area contributed by atoms with Gasteiger partial charge in [0.2, 0.25) is 5.91 Å². The van der Waals surface area contributed by atoms with E-state index in [1.165, 1.54) is 0 Å². The summed E-state index contributed by atoms with van der Waals surface area (Å²) in [5.74, 6) is 0.411. The van der Waals surface area contributed by atoms with Crippen LogP contribution in [0.15, 0.2) is 18.7 Å². The molecule has 0 radical (unpaired) electrons. The van der Waals surface area contributed by atoms with Gasteiger partial charge < -0.3 is 14.6 Å². The van der Waals surface area contributed by atoms with Crippen LogP contribution in [0.5, 0.6) is 0 Å². The highest BCUT2D eigenvalue weighted by atomic mass is 16.3. The van der Waals surface area contributed by atoms with E-state index in [4.69, 9.17) is 0 Å². The molecule has 2 rings (SSSR count). The lowest BCUT2D eigenvalue weighted by molar-refractivity contribution is -0.130. The van der Waals surface area contributed by atoms with Gasteiger partial charge in [-0.1, -0.05) is 0 Å². The van der Waals surface area contributed by atoms with Crippen LogP contribution in [0.4, 0.5) is 0 Å². The van der Waals surface area contributed by atoms with Crippen LogP contribution in [-0.4, -0.2) is 44.7 Å². The molecule has 1 aromatic rings. The van der Waals surface area contributed by atoms with Crippen molar-refractivity contribution in [2.24, 2.45) is 5.92 Å². The largest absolute Gasteiger partial charge is 0.393 e. The lowest BCUT2D eigenvalue weighted by atomic mass is 10.0. The van der Waals surface area contributed by atoms with E-state index in [0.29, 0.717) is 19.5 Å². The van der Waals surface area contributed by atoms with Crippen molar-refractivity contribution in [3.63, 3.8) is 0 Å². The average molecular weight is 237 g/mol. The molecule has 1 aliphatic rings. The van der Waals surface area contributed by atoms with E-state index in [1.807, 2.05) is 15.7 Å². The number of carbonyl (C=O) groups excluding carboxylic acids is 1. The van der Waals surface area contributed by atoms with Gasteiger partial charge in [0, 0.05) is 44.4 Å². The van der Waals surface area contributed by atoms with E-state index in [0.717, 1.165) is 13.0 Å². The van der Waals surface area contributed by atoms with E-state index >= 15 is 0 Å². The molecule has 1 amide bonds. The lowest BCUT2D eigenvalue weighted by Crippen LogP contribution is -2.30. The maximum Gasteiger partial charge on any atom is 0.224 e. The molecule has 1 fully saturated rings. The second-order valence-corrected chi connectivity index (χ2v) is 4.68. The number of imidazole rings is 1. The molecule has 0 aromatic carbocycles. The number of amides is 1. The number of carbonyl (C=O) groups is 1. The smallest absolute Gasteiger partial charge is 0.224 e. The van der Waals surface area contributed by atoms with Crippen LogP contribution >= 0.6 is 0 Å². The zero-order chi connectivity index (χ0) is 12.3. The Kier molecular flexibility index (Phi) is 3.78. The molecule has 2 unspecified atom stereocenters. The molecular weight excluding hydrogens is 218 g/mol. The first kappa shape index (κ1) is 12.1. The summed E-state index contributed by atoms with van der Waals surface area (Å²) in [6, 6.07) is 0. The number of aryl methyl sites for hydroxylation is 1. The van der Waals surface area contributed by atoms with Crippen molar-refractivity contribution in [3.8, 4) is 0 Å². The third kappa shape index (κ3) is 3.06. The van der Waals surface area contributed by atoms with Crippen LogP contribution in [-0.2, 0) is 11.3 Å². The summed E-state index contributed by atoms with van der Waals surface area (Å²) < 4.78 is 1.90. The van der Waals surface area contributed by atoms with Crippen LogP contribution in [0, 0.1) is 5.92 Å². The van der Waals surface area contributed by atoms with Crippen LogP contribution in [0.1, 0.15) is 19.8 Å². The molecule has 17 heavy (non-hydrogen) atoms. The number of likely N-dealkylation sites (tertiary alicyclic amines) is 1. The fourth-order valence-corrected chi connectivity index (χ4v) is 2.21. The van der Waals surface area contributed by atoms with Gasteiger partial charge in [-0.05, 0) is 13.3 Å². The lowest BCUT2D eigenvalue weighted by Gasteiger charge is -2.17. The maximum absolute atomic E-state index is 11.9. The normalized spacial score (nSPS) is 21.8. The third-order valence-electron chi connectivity index (χ3n) is 3.40. The number of hydrogen-bond donors (Lipinski definition) is 1. The van der Waals surface area contributed by atoms with Crippen molar-refractivity contribution in [1.29, 1.82) is 0 Å². The van der Waals surface area contributed by atoms with Gasteiger partial charge in [-0.15, -0.1) is 0 Å². The Hall–Kier alpha value is -1.36. The molecule has 5 nitrogen and oxygen atoms in total. The Morgan fingerprint density at radius 2 is 2.47 bits per heavy atom. The predicted octanol–water partition coefficient (Wildman–Crippen LogP) is 0.502. The van der Waals surface area contributed by atoms with Crippen molar-refractivity contribution in [1.82, 2.24) is 14.5 Å². The summed E-state index contributed by atoms with van der Waals surface area (Å²) >= 11 is 0. The molecule has 1 saturated heterocycles. The summed E-state index contributed by atoms with van der Waals surface area (Å²) in [6.45, 7) is 3.94. The van der Waals surface area contributed by atoms with Crippen molar-refractivity contribution in [3.05, 3.63) is 18.7 Å². The van der Waals surface area contributed by atoms with Gasteiger partial charge >= 0.3 is 0 Å². The Morgan fingerprint density at radius 3 is 3.06 bits per heavy atom. The Balaban J connectivity index is 1.77. The fourth-order valence-electron chi connectivity index (χ4n) is 2.21. The van der Waals surface area contributed by atoms with E-state index in [2.05, 4.69) is 4.98 Å². The highest BCUT2D eigenvalue weighted by Gasteiger charge is 2.28. The highest BCUT2D eigenvalue weighted by molar-refractivity contribution is 5.76. The van der Waals surface area contributed by atoms with Gasteiger partial charge in [0.25, 0.3) is 0 Å². The molecule has 0 spiro atoms. The first-order valence-corrected chi connectivity index (χ1v) is 6.08. The standard InChI is InChI=1S/C12H19N3O2/c1-10(16)11-2-6-15(8-11)12(17)3-5-14-7-4-13-9-14/h4,7,9-11,16H,2-3,5-6,8H2,1H3. The van der Waals surface area contributed by atoms with E-state index in [1.54, 1.807) is 19.4 Å². The van der Waals surface area contributed by atoms with E-state index in [9.17, 15) is 9.90 Å². The molecule has 1 aliphatic heterocycles. The first-order valence-electron chi connectivity index (χ1n) is 6.08. The second-order valence-electron chi connectivity index (χ2n) is 4.68. The molecular formula is C12H19N3O2. The van der Waals surface area contributed by atoms with Gasteiger partial charge in [-0.25, -0.2) is 4.98 Å². The maximum atomic E-state index is 11.9. The van der Waals surface area contributed by atoms with Gasteiger partial charge in [0.15, 0.2) is 0 Å². The fraction of sp³-hybridized carbons (Fsp3) is 0.667. The minimum atomic E-state index is -0.318. The SMILES string of the molecule is CC(O)C1CCN(C(=O)CCn2ccnc2)C1. The zero-order valence-corrected chi connectivity index (χ0v) is 10.1. The molecule has 2 heterocycles. The molecule has 0 saturated carbocycles. The van der Waals surface area contributed by atoms with Crippen LogP contribution < -0.4 is 0 Å². The zero-order valence-electron chi connectivity index (χ0n) is 10.1. The number of aliphatic hydroxyl groups is 1.